The Balaban J connectivity index is 1.22. The second-order valence-corrected chi connectivity index (χ2v) is 7.65. The zero-order valence-electron chi connectivity index (χ0n) is 15.7. The third kappa shape index (κ3) is 3.31. The fraction of sp³-hybridized carbons (Fsp3) is 0.318. The van der Waals surface area contributed by atoms with Gasteiger partial charge < -0.3 is 5.32 Å². The molecule has 2 aliphatic heterocycles. The smallest absolute Gasteiger partial charge is 0.228 e. The lowest BCUT2D eigenvalue weighted by Gasteiger charge is -2.32. The number of amides is 1. The summed E-state index contributed by atoms with van der Waals surface area (Å²) < 4.78 is 1.83. The molecular formula is C22H23N5O. The average Bonchev–Trinajstić information content (AvgIpc) is 3.35. The van der Waals surface area contributed by atoms with Crippen molar-refractivity contribution in [2.24, 2.45) is 0 Å². The maximum Gasteiger partial charge on any atom is 0.228 e. The topological polar surface area (TPSA) is 63.1 Å². The number of nitrogens with one attached hydrogen (secondary N) is 1. The van der Waals surface area contributed by atoms with Gasteiger partial charge in [-0.15, -0.1) is 5.10 Å². The second kappa shape index (κ2) is 7.20. The first-order chi connectivity index (χ1) is 13.8. The number of benzene rings is 2. The van der Waals surface area contributed by atoms with E-state index in [9.17, 15) is 4.79 Å². The molecule has 142 valence electrons. The van der Waals surface area contributed by atoms with Crippen molar-refractivity contribution in [2.75, 3.05) is 18.4 Å². The normalized spacial score (nSPS) is 17.5. The Kier molecular flexibility index (Phi) is 4.41. The minimum absolute atomic E-state index is 0.112. The summed E-state index contributed by atoms with van der Waals surface area (Å²) in [5.74, 6) is 0.617. The van der Waals surface area contributed by atoms with Crippen LogP contribution < -0.4 is 5.32 Å². The van der Waals surface area contributed by atoms with Gasteiger partial charge in [0, 0.05) is 12.2 Å². The van der Waals surface area contributed by atoms with E-state index >= 15 is 0 Å². The molecule has 3 aromatic rings. The molecule has 3 heterocycles. The second-order valence-electron chi connectivity index (χ2n) is 7.65. The molecule has 1 fully saturated rings. The maximum absolute atomic E-state index is 11.8. The van der Waals surface area contributed by atoms with Gasteiger partial charge in [-0.25, -0.2) is 4.68 Å². The van der Waals surface area contributed by atoms with Crippen LogP contribution in [0.25, 0.3) is 5.69 Å². The van der Waals surface area contributed by atoms with Gasteiger partial charge in [-0.05, 0) is 55.1 Å². The Labute approximate surface area is 164 Å². The highest BCUT2D eigenvalue weighted by molar-refractivity contribution is 6.00. The molecule has 6 heteroatoms. The highest BCUT2D eigenvalue weighted by atomic mass is 16.1. The number of nitrogens with zero attached hydrogens (tertiary/aromatic N) is 4. The van der Waals surface area contributed by atoms with Crippen molar-refractivity contribution in [3.05, 3.63) is 71.5 Å². The number of carbonyl (C=O) groups excluding carboxylic acids is 1. The number of para-hydroxylation sites is 2. The van der Waals surface area contributed by atoms with Crippen molar-refractivity contribution in [1.29, 1.82) is 0 Å². The van der Waals surface area contributed by atoms with E-state index in [1.165, 1.54) is 5.56 Å². The zero-order chi connectivity index (χ0) is 18.9. The number of piperidine rings is 1. The first-order valence-electron chi connectivity index (χ1n) is 9.87. The SMILES string of the molecule is O=C1Cc2cccc(C3CCN(Cc4cn(-c5ccccc5)nn4)CC3)c2N1. The number of likely N-dealkylation sites (tertiary alicyclic amines) is 1. The molecule has 0 atom stereocenters. The van der Waals surface area contributed by atoms with Crippen molar-refractivity contribution in [1.82, 2.24) is 19.9 Å². The number of hydrogen-bond donors (Lipinski definition) is 1. The van der Waals surface area contributed by atoms with E-state index in [-0.39, 0.29) is 5.91 Å². The minimum Gasteiger partial charge on any atom is -0.325 e. The van der Waals surface area contributed by atoms with E-state index in [2.05, 4.69) is 38.7 Å². The standard InChI is InChI=1S/C22H23N5O/c28-21-13-17-5-4-8-20(22(17)23-21)16-9-11-26(12-10-16)14-18-15-27(25-24-18)19-6-2-1-3-7-19/h1-8,15-16H,9-14H2,(H,23,28). The van der Waals surface area contributed by atoms with E-state index < -0.39 is 0 Å². The molecule has 1 aromatic heterocycles. The number of anilines is 1. The van der Waals surface area contributed by atoms with E-state index in [0.717, 1.165) is 55.1 Å². The lowest BCUT2D eigenvalue weighted by atomic mass is 9.87. The molecule has 2 aromatic carbocycles. The summed E-state index contributed by atoms with van der Waals surface area (Å²) in [6.07, 6.45) is 4.72. The molecular weight excluding hydrogens is 350 g/mol. The summed E-state index contributed by atoms with van der Waals surface area (Å²) in [6, 6.07) is 16.4. The van der Waals surface area contributed by atoms with Gasteiger partial charge in [0.05, 0.1) is 24.0 Å². The van der Waals surface area contributed by atoms with Crippen LogP contribution in [0, 0.1) is 0 Å². The van der Waals surface area contributed by atoms with Gasteiger partial charge in [0.1, 0.15) is 0 Å². The Morgan fingerprint density at radius 3 is 2.68 bits per heavy atom. The molecule has 1 N–H and O–H groups in total. The van der Waals surface area contributed by atoms with Crippen LogP contribution in [0.1, 0.15) is 35.6 Å². The zero-order valence-corrected chi connectivity index (χ0v) is 15.7. The molecule has 0 saturated carbocycles. The molecule has 0 bridgehead atoms. The van der Waals surface area contributed by atoms with E-state index in [4.69, 9.17) is 0 Å². The maximum atomic E-state index is 11.8. The van der Waals surface area contributed by atoms with Crippen LogP contribution in [0.3, 0.4) is 0 Å². The monoisotopic (exact) mass is 373 g/mol. The van der Waals surface area contributed by atoms with Gasteiger partial charge in [-0.3, -0.25) is 9.69 Å². The van der Waals surface area contributed by atoms with Gasteiger partial charge in [0.15, 0.2) is 0 Å². The Hall–Kier alpha value is -2.99. The van der Waals surface area contributed by atoms with Crippen molar-refractivity contribution in [3.8, 4) is 5.69 Å². The van der Waals surface area contributed by atoms with Crippen LogP contribution in [0.5, 0.6) is 0 Å². The van der Waals surface area contributed by atoms with Crippen LogP contribution >= 0.6 is 0 Å². The van der Waals surface area contributed by atoms with Crippen LogP contribution in [0.4, 0.5) is 5.69 Å². The number of hydrogen-bond acceptors (Lipinski definition) is 4. The molecule has 6 nitrogen and oxygen atoms in total. The van der Waals surface area contributed by atoms with Crippen LogP contribution in [0.2, 0.25) is 0 Å². The van der Waals surface area contributed by atoms with Gasteiger partial charge in [0.25, 0.3) is 0 Å². The minimum atomic E-state index is 0.112. The van der Waals surface area contributed by atoms with Crippen LogP contribution in [-0.4, -0.2) is 38.9 Å². The molecule has 0 spiro atoms. The lowest BCUT2D eigenvalue weighted by molar-refractivity contribution is -0.115. The van der Waals surface area contributed by atoms with Gasteiger partial charge in [0.2, 0.25) is 5.91 Å². The van der Waals surface area contributed by atoms with Crippen molar-refractivity contribution in [3.63, 3.8) is 0 Å². The summed E-state index contributed by atoms with van der Waals surface area (Å²) in [7, 11) is 0. The lowest BCUT2D eigenvalue weighted by Crippen LogP contribution is -2.32. The van der Waals surface area contributed by atoms with Crippen LogP contribution in [0.15, 0.2) is 54.7 Å². The highest BCUT2D eigenvalue weighted by Crippen LogP contribution is 2.37. The summed E-state index contributed by atoms with van der Waals surface area (Å²) in [6.45, 7) is 2.88. The van der Waals surface area contributed by atoms with Crippen molar-refractivity contribution < 1.29 is 4.79 Å². The molecule has 2 aliphatic rings. The third-order valence-corrected chi connectivity index (χ3v) is 5.77. The molecule has 0 unspecified atom stereocenters. The van der Waals surface area contributed by atoms with Crippen molar-refractivity contribution in [2.45, 2.75) is 31.7 Å². The number of carbonyl (C=O) groups is 1. The number of rotatable bonds is 4. The number of fused-ring (bicyclic) bond motifs is 1. The molecule has 0 radical (unpaired) electrons. The summed E-state index contributed by atoms with van der Waals surface area (Å²) in [4.78, 5) is 14.2. The molecule has 1 saturated heterocycles. The van der Waals surface area contributed by atoms with E-state index in [1.54, 1.807) is 0 Å². The Morgan fingerprint density at radius 1 is 1.04 bits per heavy atom. The van der Waals surface area contributed by atoms with Crippen molar-refractivity contribution >= 4 is 11.6 Å². The summed E-state index contributed by atoms with van der Waals surface area (Å²) in [5, 5.41) is 11.7. The highest BCUT2D eigenvalue weighted by Gasteiger charge is 2.27. The fourth-order valence-electron chi connectivity index (χ4n) is 4.33. The summed E-state index contributed by atoms with van der Waals surface area (Å²) >= 11 is 0. The third-order valence-electron chi connectivity index (χ3n) is 5.77. The van der Waals surface area contributed by atoms with Gasteiger partial charge >= 0.3 is 0 Å². The Morgan fingerprint density at radius 2 is 1.86 bits per heavy atom. The van der Waals surface area contributed by atoms with Crippen LogP contribution in [-0.2, 0) is 17.8 Å². The van der Waals surface area contributed by atoms with Gasteiger partial charge in [-0.2, -0.15) is 0 Å². The molecule has 5 rings (SSSR count). The largest absolute Gasteiger partial charge is 0.325 e. The van der Waals surface area contributed by atoms with Gasteiger partial charge in [-0.1, -0.05) is 41.6 Å². The van der Waals surface area contributed by atoms with E-state index in [1.807, 2.05) is 41.2 Å². The van der Waals surface area contributed by atoms with E-state index in [0.29, 0.717) is 12.3 Å². The predicted octanol–water partition coefficient (Wildman–Crippen LogP) is 3.14. The Bertz CT molecular complexity index is 989. The first-order valence-corrected chi connectivity index (χ1v) is 9.87. The summed E-state index contributed by atoms with van der Waals surface area (Å²) in [5.41, 5.74) is 5.53. The fourth-order valence-corrected chi connectivity index (χ4v) is 4.33. The first kappa shape index (κ1) is 17.1. The molecule has 1 amide bonds. The molecule has 28 heavy (non-hydrogen) atoms. The molecule has 0 aliphatic carbocycles. The average molecular weight is 373 g/mol. The predicted molar refractivity (Wildman–Crippen MR) is 107 cm³/mol. The quantitative estimate of drug-likeness (QED) is 0.763. The number of aromatic nitrogens is 3.